The fourth-order valence-corrected chi connectivity index (χ4v) is 3.93. The van der Waals surface area contributed by atoms with Gasteiger partial charge >= 0.3 is 0 Å². The third-order valence-electron chi connectivity index (χ3n) is 5.70. The lowest BCUT2D eigenvalue weighted by molar-refractivity contribution is 0.0627. The average molecular weight is 416 g/mol. The number of aromatic nitrogens is 4. The van der Waals surface area contributed by atoms with Crippen LogP contribution in [0.5, 0.6) is 5.75 Å². The number of amides is 1. The fraction of sp³-hybridized carbons (Fsp3) is 0.261. The summed E-state index contributed by atoms with van der Waals surface area (Å²) in [4.78, 5) is 25.3. The molecule has 1 amide bonds. The van der Waals surface area contributed by atoms with Gasteiger partial charge in [-0.2, -0.15) is 5.10 Å². The van der Waals surface area contributed by atoms with Crippen molar-refractivity contribution in [2.24, 2.45) is 0 Å². The highest BCUT2D eigenvalue weighted by atomic mass is 16.5. The van der Waals surface area contributed by atoms with Crippen LogP contribution in [-0.4, -0.2) is 69.2 Å². The molecule has 4 aromatic rings. The van der Waals surface area contributed by atoms with Crippen LogP contribution < -0.4 is 4.74 Å². The molecule has 1 fully saturated rings. The maximum Gasteiger partial charge on any atom is 0.254 e. The topological polar surface area (TPSA) is 90.1 Å². The fourth-order valence-electron chi connectivity index (χ4n) is 3.93. The summed E-state index contributed by atoms with van der Waals surface area (Å²) >= 11 is 0. The maximum atomic E-state index is 13.1. The molecule has 2 aromatic carbocycles. The molecule has 8 nitrogen and oxygen atoms in total. The van der Waals surface area contributed by atoms with Gasteiger partial charge in [0.2, 0.25) is 0 Å². The van der Waals surface area contributed by atoms with E-state index in [1.165, 1.54) is 0 Å². The summed E-state index contributed by atoms with van der Waals surface area (Å²) in [5.74, 6) is 1.63. The van der Waals surface area contributed by atoms with E-state index in [2.05, 4.69) is 25.1 Å². The second kappa shape index (κ2) is 8.23. The van der Waals surface area contributed by atoms with E-state index >= 15 is 0 Å². The minimum Gasteiger partial charge on any atom is -0.497 e. The summed E-state index contributed by atoms with van der Waals surface area (Å²) < 4.78 is 5.22. The Kier molecular flexibility index (Phi) is 5.13. The van der Waals surface area contributed by atoms with E-state index in [-0.39, 0.29) is 5.91 Å². The number of carbonyl (C=O) groups is 1. The van der Waals surface area contributed by atoms with Crippen LogP contribution in [0, 0.1) is 0 Å². The number of nitrogens with one attached hydrogen (secondary N) is 2. The molecule has 0 spiro atoms. The van der Waals surface area contributed by atoms with Gasteiger partial charge in [0.1, 0.15) is 11.6 Å². The van der Waals surface area contributed by atoms with Gasteiger partial charge in [-0.05, 0) is 48.5 Å². The van der Waals surface area contributed by atoms with Gasteiger partial charge in [0.25, 0.3) is 5.91 Å². The molecular weight excluding hydrogens is 392 g/mol. The third kappa shape index (κ3) is 4.02. The van der Waals surface area contributed by atoms with Gasteiger partial charge in [-0.3, -0.25) is 14.8 Å². The second-order valence-electron chi connectivity index (χ2n) is 7.70. The number of methoxy groups -OCH3 is 1. The van der Waals surface area contributed by atoms with Crippen molar-refractivity contribution in [1.82, 2.24) is 30.0 Å². The highest BCUT2D eigenvalue weighted by Gasteiger charge is 2.23. The number of carbonyl (C=O) groups excluding carboxylic acids is 1. The molecule has 2 aromatic heterocycles. The largest absolute Gasteiger partial charge is 0.497 e. The van der Waals surface area contributed by atoms with Gasteiger partial charge < -0.3 is 14.6 Å². The second-order valence-corrected chi connectivity index (χ2v) is 7.70. The molecule has 0 radical (unpaired) electrons. The number of aromatic amines is 2. The Labute approximate surface area is 179 Å². The molecule has 0 bridgehead atoms. The van der Waals surface area contributed by atoms with Crippen molar-refractivity contribution < 1.29 is 9.53 Å². The smallest absolute Gasteiger partial charge is 0.254 e. The molecule has 2 N–H and O–H groups in total. The number of benzene rings is 2. The van der Waals surface area contributed by atoms with Gasteiger partial charge in [-0.1, -0.05) is 0 Å². The highest BCUT2D eigenvalue weighted by molar-refractivity contribution is 5.97. The molecule has 0 saturated carbocycles. The van der Waals surface area contributed by atoms with Crippen LogP contribution in [0.3, 0.4) is 0 Å². The molecular formula is C23H24N6O2. The number of hydrogen-bond donors (Lipinski definition) is 2. The Morgan fingerprint density at radius 2 is 1.87 bits per heavy atom. The summed E-state index contributed by atoms with van der Waals surface area (Å²) in [6.45, 7) is 3.95. The number of nitrogens with zero attached hydrogens (tertiary/aromatic N) is 4. The lowest BCUT2D eigenvalue weighted by Crippen LogP contribution is -2.48. The Morgan fingerprint density at radius 1 is 1.06 bits per heavy atom. The first-order chi connectivity index (χ1) is 15.2. The van der Waals surface area contributed by atoms with Crippen LogP contribution in [0.4, 0.5) is 0 Å². The predicted octanol–water partition coefficient (Wildman–Crippen LogP) is 2.92. The summed E-state index contributed by atoms with van der Waals surface area (Å²) in [5.41, 5.74) is 4.44. The first-order valence-electron chi connectivity index (χ1n) is 10.3. The van der Waals surface area contributed by atoms with Crippen molar-refractivity contribution in [1.29, 1.82) is 0 Å². The number of hydrogen-bond acceptors (Lipinski definition) is 5. The number of imidazole rings is 1. The van der Waals surface area contributed by atoms with Gasteiger partial charge in [0.15, 0.2) is 0 Å². The molecule has 3 heterocycles. The van der Waals surface area contributed by atoms with Crippen LogP contribution in [-0.2, 0) is 6.54 Å². The van der Waals surface area contributed by atoms with E-state index in [9.17, 15) is 4.79 Å². The SMILES string of the molecule is COc1ccc(-c2nc3ccc(C(=O)N4CCN(Cc5ccn[nH]5)CC4)cc3[nH]2)cc1. The van der Waals surface area contributed by atoms with E-state index in [0.29, 0.717) is 18.7 Å². The van der Waals surface area contributed by atoms with Gasteiger partial charge in [-0.25, -0.2) is 4.98 Å². The zero-order valence-corrected chi connectivity index (χ0v) is 17.3. The van der Waals surface area contributed by atoms with E-state index in [0.717, 1.165) is 53.5 Å². The lowest BCUT2D eigenvalue weighted by Gasteiger charge is -2.34. The van der Waals surface area contributed by atoms with E-state index in [1.54, 1.807) is 13.3 Å². The molecule has 5 rings (SSSR count). The van der Waals surface area contributed by atoms with Crippen molar-refractivity contribution in [2.45, 2.75) is 6.54 Å². The number of rotatable bonds is 5. The van der Waals surface area contributed by atoms with Gasteiger partial charge in [0.05, 0.1) is 18.1 Å². The zero-order valence-electron chi connectivity index (χ0n) is 17.3. The Bertz CT molecular complexity index is 1170. The maximum absolute atomic E-state index is 13.1. The van der Waals surface area contributed by atoms with Crippen LogP contribution in [0.1, 0.15) is 16.1 Å². The van der Waals surface area contributed by atoms with Gasteiger partial charge in [0, 0.05) is 55.7 Å². The number of H-pyrrole nitrogens is 2. The summed E-state index contributed by atoms with van der Waals surface area (Å²) in [5, 5.41) is 6.99. The van der Waals surface area contributed by atoms with Crippen LogP contribution in [0.25, 0.3) is 22.4 Å². The molecule has 0 atom stereocenters. The predicted molar refractivity (Wildman–Crippen MR) is 118 cm³/mol. The quantitative estimate of drug-likeness (QED) is 0.522. The first-order valence-corrected chi connectivity index (χ1v) is 10.3. The normalized spacial score (nSPS) is 14.8. The Morgan fingerprint density at radius 3 is 2.58 bits per heavy atom. The standard InChI is InChI=1S/C23H24N6O2/c1-31-19-5-2-16(3-6-19)22-25-20-7-4-17(14-21(20)26-22)23(30)29-12-10-28(11-13-29)15-18-8-9-24-27-18/h2-9,14H,10-13,15H2,1H3,(H,24,27)(H,25,26). The van der Waals surface area contributed by atoms with Crippen LogP contribution >= 0.6 is 0 Å². The average Bonchev–Trinajstić information content (AvgIpc) is 3.48. The molecule has 8 heteroatoms. The van der Waals surface area contributed by atoms with Crippen molar-refractivity contribution in [2.75, 3.05) is 33.3 Å². The van der Waals surface area contributed by atoms with E-state index in [4.69, 9.17) is 4.74 Å². The molecule has 1 aliphatic rings. The molecule has 31 heavy (non-hydrogen) atoms. The van der Waals surface area contributed by atoms with Crippen LogP contribution in [0.15, 0.2) is 54.7 Å². The summed E-state index contributed by atoms with van der Waals surface area (Å²) in [6.07, 6.45) is 1.76. The molecule has 0 aliphatic carbocycles. The lowest BCUT2D eigenvalue weighted by atomic mass is 10.1. The van der Waals surface area contributed by atoms with E-state index < -0.39 is 0 Å². The Hall–Kier alpha value is -3.65. The number of ether oxygens (including phenoxy) is 1. The minimum atomic E-state index is 0.0590. The number of piperazine rings is 1. The minimum absolute atomic E-state index is 0.0590. The molecule has 158 valence electrons. The van der Waals surface area contributed by atoms with Crippen molar-refractivity contribution in [3.05, 3.63) is 66.0 Å². The molecule has 1 aliphatic heterocycles. The van der Waals surface area contributed by atoms with E-state index in [1.807, 2.05) is 53.4 Å². The highest BCUT2D eigenvalue weighted by Crippen LogP contribution is 2.24. The van der Waals surface area contributed by atoms with Gasteiger partial charge in [-0.15, -0.1) is 0 Å². The zero-order chi connectivity index (χ0) is 21.2. The van der Waals surface area contributed by atoms with Crippen molar-refractivity contribution in [3.63, 3.8) is 0 Å². The van der Waals surface area contributed by atoms with Crippen molar-refractivity contribution >= 4 is 16.9 Å². The van der Waals surface area contributed by atoms with Crippen LogP contribution in [0.2, 0.25) is 0 Å². The Balaban J connectivity index is 1.28. The first kappa shape index (κ1) is 19.3. The monoisotopic (exact) mass is 416 g/mol. The summed E-state index contributed by atoms with van der Waals surface area (Å²) in [6, 6.07) is 15.4. The summed E-state index contributed by atoms with van der Waals surface area (Å²) in [7, 11) is 1.65. The molecule has 0 unspecified atom stereocenters. The number of fused-ring (bicyclic) bond motifs is 1. The molecule has 1 saturated heterocycles. The van der Waals surface area contributed by atoms with Crippen molar-refractivity contribution in [3.8, 4) is 17.1 Å². The third-order valence-corrected chi connectivity index (χ3v) is 5.70.